The molecule has 0 aliphatic heterocycles. The second kappa shape index (κ2) is 8.14. The van der Waals surface area contributed by atoms with E-state index in [0.29, 0.717) is 23.5 Å². The van der Waals surface area contributed by atoms with E-state index in [0.717, 1.165) is 23.3 Å². The number of aromatic nitrogens is 3. The Kier molecular flexibility index (Phi) is 5.55. The fourth-order valence-electron chi connectivity index (χ4n) is 3.19. The molecule has 9 heteroatoms. The fraction of sp³-hybridized carbons (Fsp3) is 0.143. The molecule has 30 heavy (non-hydrogen) atoms. The van der Waals surface area contributed by atoms with Crippen molar-refractivity contribution in [1.82, 2.24) is 19.3 Å². The summed E-state index contributed by atoms with van der Waals surface area (Å²) in [4.78, 5) is 8.84. The van der Waals surface area contributed by atoms with Crippen LogP contribution in [0.3, 0.4) is 0 Å². The third-order valence-corrected chi connectivity index (χ3v) is 6.32. The lowest BCUT2D eigenvalue weighted by Gasteiger charge is -2.11. The van der Waals surface area contributed by atoms with Crippen LogP contribution in [0.5, 0.6) is 0 Å². The molecule has 2 heterocycles. The second-order valence-corrected chi connectivity index (χ2v) is 9.02. The lowest BCUT2D eigenvalue weighted by Crippen LogP contribution is -2.25. The van der Waals surface area contributed by atoms with Gasteiger partial charge >= 0.3 is 0 Å². The van der Waals surface area contributed by atoms with E-state index in [2.05, 4.69) is 20.8 Å². The van der Waals surface area contributed by atoms with Crippen LogP contribution in [-0.2, 0) is 23.1 Å². The highest BCUT2D eigenvalue weighted by Crippen LogP contribution is 2.21. The molecule has 0 saturated heterocycles. The van der Waals surface area contributed by atoms with Crippen LogP contribution in [0.2, 0.25) is 5.02 Å². The maximum atomic E-state index is 13.4. The van der Waals surface area contributed by atoms with E-state index in [-0.39, 0.29) is 16.5 Å². The van der Waals surface area contributed by atoms with Gasteiger partial charge in [-0.05, 0) is 42.8 Å². The van der Waals surface area contributed by atoms with Gasteiger partial charge in [0.25, 0.3) is 0 Å². The molecular formula is C21H18ClFN4O2S. The second-order valence-electron chi connectivity index (χ2n) is 6.85. The number of rotatable bonds is 6. The van der Waals surface area contributed by atoms with E-state index in [1.54, 1.807) is 12.3 Å². The van der Waals surface area contributed by atoms with E-state index in [4.69, 9.17) is 11.6 Å². The number of fused-ring (bicyclic) bond motifs is 1. The molecule has 2 aromatic carbocycles. The first-order chi connectivity index (χ1) is 14.3. The minimum absolute atomic E-state index is 0.0560. The Balaban J connectivity index is 1.66. The lowest BCUT2D eigenvalue weighted by molar-refractivity contribution is 0.576. The minimum Gasteiger partial charge on any atom is -0.307 e. The molecule has 0 aliphatic carbocycles. The van der Waals surface area contributed by atoms with E-state index < -0.39 is 15.8 Å². The third kappa shape index (κ3) is 4.21. The molecule has 0 spiro atoms. The van der Waals surface area contributed by atoms with Gasteiger partial charge in [-0.15, -0.1) is 0 Å². The predicted octanol–water partition coefficient (Wildman–Crippen LogP) is 4.06. The molecule has 0 radical (unpaired) electrons. The summed E-state index contributed by atoms with van der Waals surface area (Å²) >= 11 is 5.73. The first kappa shape index (κ1) is 20.5. The van der Waals surface area contributed by atoms with Crippen LogP contribution in [0.4, 0.5) is 4.39 Å². The van der Waals surface area contributed by atoms with Crippen molar-refractivity contribution in [2.45, 2.75) is 24.9 Å². The zero-order chi connectivity index (χ0) is 21.3. The van der Waals surface area contributed by atoms with Crippen molar-refractivity contribution >= 4 is 32.8 Å². The van der Waals surface area contributed by atoms with Crippen molar-refractivity contribution in [3.8, 4) is 0 Å². The predicted molar refractivity (Wildman–Crippen MR) is 113 cm³/mol. The van der Waals surface area contributed by atoms with Crippen LogP contribution >= 0.6 is 11.6 Å². The Labute approximate surface area is 178 Å². The average Bonchev–Trinajstić information content (AvgIpc) is 3.06. The monoisotopic (exact) mass is 444 g/mol. The van der Waals surface area contributed by atoms with Crippen LogP contribution < -0.4 is 4.72 Å². The summed E-state index contributed by atoms with van der Waals surface area (Å²) in [6.45, 7) is 2.45. The summed E-state index contributed by atoms with van der Waals surface area (Å²) in [5.74, 6) is -0.163. The number of sulfonamides is 1. The van der Waals surface area contributed by atoms with Gasteiger partial charge in [0, 0.05) is 6.20 Å². The number of nitrogens with zero attached hydrogens (tertiary/aromatic N) is 3. The first-order valence-electron chi connectivity index (χ1n) is 9.14. The molecule has 1 N–H and O–H groups in total. The summed E-state index contributed by atoms with van der Waals surface area (Å²) in [7, 11) is -3.91. The quantitative estimate of drug-likeness (QED) is 0.486. The number of nitrogens with one attached hydrogen (secondary N) is 1. The highest BCUT2D eigenvalue weighted by atomic mass is 35.5. The van der Waals surface area contributed by atoms with E-state index in [9.17, 15) is 12.8 Å². The molecule has 4 aromatic rings. The van der Waals surface area contributed by atoms with Crippen molar-refractivity contribution in [3.05, 3.63) is 88.6 Å². The van der Waals surface area contributed by atoms with Gasteiger partial charge < -0.3 is 4.57 Å². The summed E-state index contributed by atoms with van der Waals surface area (Å²) in [6.07, 6.45) is 1.67. The van der Waals surface area contributed by atoms with Crippen molar-refractivity contribution in [2.24, 2.45) is 0 Å². The van der Waals surface area contributed by atoms with E-state index in [1.165, 1.54) is 6.07 Å². The van der Waals surface area contributed by atoms with Crippen LogP contribution in [-0.4, -0.2) is 23.0 Å². The maximum Gasteiger partial charge on any atom is 0.241 e. The molecule has 2 aromatic heterocycles. The number of halogens is 2. The average molecular weight is 445 g/mol. The summed E-state index contributed by atoms with van der Waals surface area (Å²) in [5.41, 5.74) is 3.51. The smallest absolute Gasteiger partial charge is 0.241 e. The fourth-order valence-corrected chi connectivity index (χ4v) is 4.44. The Bertz CT molecular complexity index is 1340. The highest BCUT2D eigenvalue weighted by molar-refractivity contribution is 7.89. The molecule has 0 saturated carbocycles. The van der Waals surface area contributed by atoms with Gasteiger partial charge in [0.15, 0.2) is 5.65 Å². The number of hydrogen-bond donors (Lipinski definition) is 1. The number of pyridine rings is 1. The Morgan fingerprint density at radius 2 is 1.97 bits per heavy atom. The number of benzene rings is 2. The van der Waals surface area contributed by atoms with Crippen molar-refractivity contribution in [2.75, 3.05) is 0 Å². The van der Waals surface area contributed by atoms with Crippen molar-refractivity contribution in [3.63, 3.8) is 0 Å². The van der Waals surface area contributed by atoms with E-state index in [1.807, 2.05) is 35.8 Å². The SMILES string of the molecule is Cc1cccc(Cn2c(CNS(=O)(=O)c3ccc(F)c(Cl)c3)nc3cccnc32)c1. The topological polar surface area (TPSA) is 76.9 Å². The van der Waals surface area contributed by atoms with Gasteiger partial charge in [0.05, 0.1) is 23.0 Å². The van der Waals surface area contributed by atoms with Gasteiger partial charge in [0.2, 0.25) is 10.0 Å². The molecule has 154 valence electrons. The molecule has 0 fully saturated rings. The molecule has 0 unspecified atom stereocenters. The molecule has 4 rings (SSSR count). The van der Waals surface area contributed by atoms with Gasteiger partial charge in [-0.2, -0.15) is 0 Å². The number of aryl methyl sites for hydroxylation is 1. The zero-order valence-corrected chi connectivity index (χ0v) is 17.6. The minimum atomic E-state index is -3.91. The lowest BCUT2D eigenvalue weighted by atomic mass is 10.1. The van der Waals surface area contributed by atoms with Crippen LogP contribution in [0, 0.1) is 12.7 Å². The highest BCUT2D eigenvalue weighted by Gasteiger charge is 2.19. The van der Waals surface area contributed by atoms with Gasteiger partial charge in [-0.1, -0.05) is 41.4 Å². The molecule has 6 nitrogen and oxygen atoms in total. The maximum absolute atomic E-state index is 13.4. The number of hydrogen-bond acceptors (Lipinski definition) is 4. The Hall–Kier alpha value is -2.81. The van der Waals surface area contributed by atoms with E-state index >= 15 is 0 Å². The Morgan fingerprint density at radius 1 is 1.13 bits per heavy atom. The van der Waals surface area contributed by atoms with Gasteiger partial charge in [-0.3, -0.25) is 0 Å². The number of imidazole rings is 1. The standard InChI is InChI=1S/C21H18ClFN4O2S/c1-14-4-2-5-15(10-14)13-27-20(26-19-6-3-9-24-21(19)27)12-25-30(28,29)16-7-8-18(23)17(22)11-16/h2-11,25H,12-13H2,1H3. The van der Waals surface area contributed by atoms with Crippen LogP contribution in [0.25, 0.3) is 11.2 Å². The molecule has 0 amide bonds. The van der Waals surface area contributed by atoms with Gasteiger partial charge in [0.1, 0.15) is 17.2 Å². The molecule has 0 atom stereocenters. The first-order valence-corrected chi connectivity index (χ1v) is 11.0. The van der Waals surface area contributed by atoms with Gasteiger partial charge in [-0.25, -0.2) is 27.5 Å². The molecule has 0 aliphatic rings. The van der Waals surface area contributed by atoms with Crippen LogP contribution in [0.1, 0.15) is 17.0 Å². The summed E-state index contributed by atoms with van der Waals surface area (Å²) in [5, 5.41) is -0.256. The van der Waals surface area contributed by atoms with Crippen LogP contribution in [0.15, 0.2) is 65.7 Å². The van der Waals surface area contributed by atoms with Crippen molar-refractivity contribution in [1.29, 1.82) is 0 Å². The summed E-state index contributed by atoms with van der Waals surface area (Å²) < 4.78 is 43.1. The largest absolute Gasteiger partial charge is 0.307 e. The summed E-state index contributed by atoms with van der Waals surface area (Å²) in [6, 6.07) is 14.9. The molecular weight excluding hydrogens is 427 g/mol. The third-order valence-electron chi connectivity index (χ3n) is 4.63. The molecule has 0 bridgehead atoms. The Morgan fingerprint density at radius 3 is 2.73 bits per heavy atom. The normalized spacial score (nSPS) is 11.8. The van der Waals surface area contributed by atoms with Crippen molar-refractivity contribution < 1.29 is 12.8 Å². The zero-order valence-electron chi connectivity index (χ0n) is 16.0.